The zero-order valence-corrected chi connectivity index (χ0v) is 12.8. The molecule has 0 amide bonds. The van der Waals surface area contributed by atoms with E-state index in [2.05, 4.69) is 45.1 Å². The number of para-hydroxylation sites is 2. The second-order valence-electron chi connectivity index (χ2n) is 4.81. The summed E-state index contributed by atoms with van der Waals surface area (Å²) in [5.74, 6) is 0.944. The van der Waals surface area contributed by atoms with Gasteiger partial charge >= 0.3 is 0 Å². The summed E-state index contributed by atoms with van der Waals surface area (Å²) in [4.78, 5) is 2.30. The third-order valence-electron chi connectivity index (χ3n) is 3.48. The fourth-order valence-electron chi connectivity index (χ4n) is 2.47. The summed E-state index contributed by atoms with van der Waals surface area (Å²) in [5.41, 5.74) is 9.09. The number of fused-ring (bicyclic) bond motifs is 1. The fraction of sp³-hybridized carbons (Fsp3) is 0.250. The molecule has 1 aliphatic heterocycles. The standard InChI is InChI=1S/C16H17BrN2O/c17-13-10-12(11-18)6-7-14(13)19-8-3-9-20-16-5-2-1-4-15(16)19/h1-2,4-7,10H,3,8-9,11,18H2. The molecule has 2 aromatic rings. The van der Waals surface area contributed by atoms with E-state index in [1.54, 1.807) is 0 Å². The van der Waals surface area contributed by atoms with Gasteiger partial charge in [0.2, 0.25) is 0 Å². The highest BCUT2D eigenvalue weighted by Gasteiger charge is 2.19. The van der Waals surface area contributed by atoms with Crippen LogP contribution >= 0.6 is 15.9 Å². The lowest BCUT2D eigenvalue weighted by Gasteiger charge is -2.25. The Morgan fingerprint density at radius 1 is 1.15 bits per heavy atom. The molecule has 1 aliphatic rings. The van der Waals surface area contributed by atoms with Gasteiger partial charge in [-0.05, 0) is 52.2 Å². The van der Waals surface area contributed by atoms with E-state index in [1.807, 2.05) is 18.2 Å². The highest BCUT2D eigenvalue weighted by molar-refractivity contribution is 9.10. The van der Waals surface area contributed by atoms with E-state index in [0.29, 0.717) is 6.54 Å². The molecule has 2 aromatic carbocycles. The lowest BCUT2D eigenvalue weighted by Crippen LogP contribution is -2.18. The summed E-state index contributed by atoms with van der Waals surface area (Å²) in [7, 11) is 0. The normalized spacial score (nSPS) is 14.4. The van der Waals surface area contributed by atoms with Crippen molar-refractivity contribution in [2.24, 2.45) is 5.73 Å². The van der Waals surface area contributed by atoms with Gasteiger partial charge in [0.25, 0.3) is 0 Å². The zero-order chi connectivity index (χ0) is 13.9. The molecule has 0 aliphatic carbocycles. The van der Waals surface area contributed by atoms with E-state index in [9.17, 15) is 0 Å². The van der Waals surface area contributed by atoms with E-state index in [0.717, 1.165) is 46.7 Å². The van der Waals surface area contributed by atoms with Crippen LogP contribution in [0.2, 0.25) is 0 Å². The van der Waals surface area contributed by atoms with Gasteiger partial charge in [0, 0.05) is 17.6 Å². The van der Waals surface area contributed by atoms with Gasteiger partial charge in [0.05, 0.1) is 18.0 Å². The second kappa shape index (κ2) is 5.85. The molecule has 0 unspecified atom stereocenters. The smallest absolute Gasteiger partial charge is 0.142 e. The van der Waals surface area contributed by atoms with Crippen LogP contribution in [-0.4, -0.2) is 13.2 Å². The summed E-state index contributed by atoms with van der Waals surface area (Å²) in [6, 6.07) is 14.5. The molecule has 0 aromatic heterocycles. The van der Waals surface area contributed by atoms with Crippen LogP contribution in [0.15, 0.2) is 46.9 Å². The maximum Gasteiger partial charge on any atom is 0.142 e. The maximum absolute atomic E-state index is 5.81. The van der Waals surface area contributed by atoms with E-state index < -0.39 is 0 Å². The van der Waals surface area contributed by atoms with Crippen LogP contribution in [0.1, 0.15) is 12.0 Å². The largest absolute Gasteiger partial charge is 0.491 e. The molecule has 0 saturated carbocycles. The average Bonchev–Trinajstić information content (AvgIpc) is 2.69. The zero-order valence-electron chi connectivity index (χ0n) is 11.2. The number of ether oxygens (including phenoxy) is 1. The first-order valence-corrected chi connectivity index (χ1v) is 7.57. The molecule has 0 spiro atoms. The number of hydrogen-bond donors (Lipinski definition) is 1. The second-order valence-corrected chi connectivity index (χ2v) is 5.67. The molecule has 0 atom stereocenters. The average molecular weight is 333 g/mol. The predicted molar refractivity (Wildman–Crippen MR) is 85.6 cm³/mol. The Kier molecular flexibility index (Phi) is 3.94. The minimum absolute atomic E-state index is 0.554. The van der Waals surface area contributed by atoms with Crippen molar-refractivity contribution in [1.82, 2.24) is 0 Å². The van der Waals surface area contributed by atoms with Crippen LogP contribution in [0.25, 0.3) is 0 Å². The molecule has 0 radical (unpaired) electrons. The van der Waals surface area contributed by atoms with E-state index in [1.165, 1.54) is 0 Å². The molecule has 104 valence electrons. The first kappa shape index (κ1) is 13.5. The Hall–Kier alpha value is -1.52. The van der Waals surface area contributed by atoms with E-state index in [4.69, 9.17) is 10.5 Å². The number of nitrogens with zero attached hydrogens (tertiary/aromatic N) is 1. The molecule has 3 rings (SSSR count). The van der Waals surface area contributed by atoms with Gasteiger partial charge in [-0.15, -0.1) is 0 Å². The highest BCUT2D eigenvalue weighted by Crippen LogP contribution is 2.39. The first-order valence-electron chi connectivity index (χ1n) is 6.77. The minimum atomic E-state index is 0.554. The van der Waals surface area contributed by atoms with Crippen molar-refractivity contribution in [2.75, 3.05) is 18.1 Å². The van der Waals surface area contributed by atoms with E-state index >= 15 is 0 Å². The van der Waals surface area contributed by atoms with Gasteiger partial charge in [-0.3, -0.25) is 0 Å². The lowest BCUT2D eigenvalue weighted by atomic mass is 10.1. The number of nitrogens with two attached hydrogens (primary N) is 1. The van der Waals surface area contributed by atoms with Gasteiger partial charge in [0.1, 0.15) is 5.75 Å². The number of anilines is 2. The maximum atomic E-state index is 5.81. The number of halogens is 1. The molecule has 0 bridgehead atoms. The van der Waals surface area contributed by atoms with Crippen LogP contribution < -0.4 is 15.4 Å². The van der Waals surface area contributed by atoms with Crippen LogP contribution in [0.3, 0.4) is 0 Å². The number of rotatable bonds is 2. The molecule has 20 heavy (non-hydrogen) atoms. The molecular formula is C16H17BrN2O. The first-order chi connectivity index (χ1) is 9.79. The monoisotopic (exact) mass is 332 g/mol. The summed E-state index contributed by atoms with van der Waals surface area (Å²) >= 11 is 3.66. The van der Waals surface area contributed by atoms with Gasteiger partial charge in [-0.2, -0.15) is 0 Å². The summed E-state index contributed by atoms with van der Waals surface area (Å²) < 4.78 is 6.87. The van der Waals surface area contributed by atoms with Crippen LogP contribution in [0.5, 0.6) is 5.75 Å². The van der Waals surface area contributed by atoms with Gasteiger partial charge < -0.3 is 15.4 Å². The third-order valence-corrected chi connectivity index (χ3v) is 4.11. The van der Waals surface area contributed by atoms with Crippen LogP contribution in [-0.2, 0) is 6.54 Å². The molecular weight excluding hydrogens is 316 g/mol. The Morgan fingerprint density at radius 3 is 2.80 bits per heavy atom. The van der Waals surface area contributed by atoms with Crippen molar-refractivity contribution < 1.29 is 4.74 Å². The van der Waals surface area contributed by atoms with Crippen LogP contribution in [0.4, 0.5) is 11.4 Å². The molecule has 1 heterocycles. The van der Waals surface area contributed by atoms with Crippen LogP contribution in [0, 0.1) is 0 Å². The van der Waals surface area contributed by atoms with Crippen molar-refractivity contribution >= 4 is 27.3 Å². The van der Waals surface area contributed by atoms with Crippen molar-refractivity contribution in [3.05, 3.63) is 52.5 Å². The SMILES string of the molecule is NCc1ccc(N2CCCOc3ccccc32)c(Br)c1. The predicted octanol–water partition coefficient (Wildman–Crippen LogP) is 3.83. The summed E-state index contributed by atoms with van der Waals surface area (Å²) in [6.45, 7) is 2.25. The molecule has 2 N–H and O–H groups in total. The molecule has 3 nitrogen and oxygen atoms in total. The Bertz CT molecular complexity index is 615. The number of hydrogen-bond acceptors (Lipinski definition) is 3. The van der Waals surface area contributed by atoms with Crippen molar-refractivity contribution in [2.45, 2.75) is 13.0 Å². The van der Waals surface area contributed by atoms with Gasteiger partial charge in [0.15, 0.2) is 0 Å². The summed E-state index contributed by atoms with van der Waals surface area (Å²) in [5, 5.41) is 0. The Balaban J connectivity index is 2.05. The topological polar surface area (TPSA) is 38.5 Å². The third kappa shape index (κ3) is 2.53. The highest BCUT2D eigenvalue weighted by atomic mass is 79.9. The van der Waals surface area contributed by atoms with Crippen molar-refractivity contribution in [1.29, 1.82) is 0 Å². The van der Waals surface area contributed by atoms with Gasteiger partial charge in [-0.1, -0.05) is 18.2 Å². The van der Waals surface area contributed by atoms with E-state index in [-0.39, 0.29) is 0 Å². The summed E-state index contributed by atoms with van der Waals surface area (Å²) in [6.07, 6.45) is 1.000. The molecule has 0 fully saturated rings. The van der Waals surface area contributed by atoms with Gasteiger partial charge in [-0.25, -0.2) is 0 Å². The number of benzene rings is 2. The van der Waals surface area contributed by atoms with Crippen molar-refractivity contribution in [3.63, 3.8) is 0 Å². The minimum Gasteiger partial charge on any atom is -0.491 e. The quantitative estimate of drug-likeness (QED) is 0.908. The fourth-order valence-corrected chi connectivity index (χ4v) is 3.11. The lowest BCUT2D eigenvalue weighted by molar-refractivity contribution is 0.322. The van der Waals surface area contributed by atoms with Crippen molar-refractivity contribution in [3.8, 4) is 5.75 Å². The molecule has 0 saturated heterocycles. The molecule has 4 heteroatoms. The Labute approximate surface area is 127 Å². The Morgan fingerprint density at radius 2 is 2.00 bits per heavy atom.